The second-order valence-corrected chi connectivity index (χ2v) is 13.8. The highest BCUT2D eigenvalue weighted by atomic mass is 19.1. The van der Waals surface area contributed by atoms with E-state index in [9.17, 15) is 23.9 Å². The zero-order valence-corrected chi connectivity index (χ0v) is 29.2. The molecule has 6 unspecified atom stereocenters. The molecule has 2 aliphatic rings. The van der Waals surface area contributed by atoms with Crippen LogP contribution >= 0.6 is 0 Å². The minimum absolute atomic E-state index is 0.0970. The Morgan fingerprint density at radius 2 is 1.71 bits per heavy atom. The number of methoxy groups -OCH3 is 1. The summed E-state index contributed by atoms with van der Waals surface area (Å²) in [6, 6.07) is 15.6. The summed E-state index contributed by atoms with van der Waals surface area (Å²) >= 11 is 0. The van der Waals surface area contributed by atoms with Crippen LogP contribution in [0.1, 0.15) is 38.3 Å². The van der Waals surface area contributed by atoms with E-state index in [2.05, 4.69) is 21.0 Å². The average Bonchev–Trinajstić information content (AvgIpc) is 3.73. The maximum Gasteiger partial charge on any atom is 0.422 e. The number of carbonyl (C=O) groups is 3. The maximum absolute atomic E-state index is 14.8. The van der Waals surface area contributed by atoms with Crippen LogP contribution in [-0.2, 0) is 36.7 Å². The third-order valence-corrected chi connectivity index (χ3v) is 9.01. The molecular formula is C37H46FN5O8. The molecule has 274 valence electrons. The number of ether oxygens (including phenoxy) is 4. The maximum atomic E-state index is 14.8. The number of halogens is 1. The molecule has 4 N–H and O–H groups in total. The molecule has 3 amide bonds. The summed E-state index contributed by atoms with van der Waals surface area (Å²) in [5.74, 6) is -1.14. The Hall–Kier alpha value is -4.63. The van der Waals surface area contributed by atoms with Crippen molar-refractivity contribution in [2.75, 3.05) is 26.9 Å². The number of hydrazine groups is 1. The summed E-state index contributed by atoms with van der Waals surface area (Å²) in [5.41, 5.74) is 4.94. The topological polar surface area (TPSA) is 161 Å². The van der Waals surface area contributed by atoms with Crippen LogP contribution in [0.15, 0.2) is 73.1 Å². The van der Waals surface area contributed by atoms with Gasteiger partial charge in [-0.2, -0.15) is 0 Å². The Bertz CT molecular complexity index is 1620. The van der Waals surface area contributed by atoms with Crippen LogP contribution in [0.25, 0.3) is 11.1 Å². The number of rotatable bonds is 13. The highest BCUT2D eigenvalue weighted by Crippen LogP contribution is 2.33. The van der Waals surface area contributed by atoms with Gasteiger partial charge in [0.05, 0.1) is 38.4 Å². The van der Waals surface area contributed by atoms with Gasteiger partial charge in [0.2, 0.25) is 5.91 Å². The van der Waals surface area contributed by atoms with E-state index in [0.29, 0.717) is 13.0 Å². The van der Waals surface area contributed by atoms with Crippen molar-refractivity contribution in [1.82, 2.24) is 26.1 Å². The Morgan fingerprint density at radius 3 is 2.39 bits per heavy atom. The number of carbonyl (C=O) groups excluding carboxylic acids is 3. The van der Waals surface area contributed by atoms with Crippen LogP contribution in [0.5, 0.6) is 0 Å². The first-order chi connectivity index (χ1) is 24.4. The van der Waals surface area contributed by atoms with Gasteiger partial charge in [-0.3, -0.25) is 15.2 Å². The van der Waals surface area contributed by atoms with E-state index in [0.717, 1.165) is 16.7 Å². The molecule has 0 aliphatic carbocycles. The molecule has 14 heteroatoms. The van der Waals surface area contributed by atoms with Crippen LogP contribution in [0, 0.1) is 17.2 Å². The number of amides is 3. The predicted octanol–water partition coefficient (Wildman–Crippen LogP) is 3.95. The summed E-state index contributed by atoms with van der Waals surface area (Å²) < 4.78 is 36.4. The molecular weight excluding hydrogens is 661 g/mol. The number of aliphatic hydroxyl groups is 1. The standard InChI is InChI=1S/C37H46FN5O8/c1-37(2,3)32(41-35(46)48-4)33(45)40-29(19-23-9-11-24(12-10-23)25-13-16-39-17-14-25)30(44)21-43(20-26-7-5-6-8-28(26)38)42-36(47)51-31-22-50-34-27(31)15-18-49-34/h5-14,16-17,27,29-32,34,44H,15,18-22H2,1-4H3,(H,40,45)(H,41,46)(H,42,47). The highest BCUT2D eigenvalue weighted by Gasteiger charge is 2.44. The summed E-state index contributed by atoms with van der Waals surface area (Å²) in [6.07, 6.45) is 0.434. The number of aromatic nitrogens is 1. The van der Waals surface area contributed by atoms with E-state index in [4.69, 9.17) is 18.9 Å². The zero-order chi connectivity index (χ0) is 36.5. The number of hydrogen-bond donors (Lipinski definition) is 4. The van der Waals surface area contributed by atoms with Gasteiger partial charge in [-0.15, -0.1) is 0 Å². The molecule has 0 bridgehead atoms. The van der Waals surface area contributed by atoms with Gasteiger partial charge in [0.15, 0.2) is 6.29 Å². The SMILES string of the molecule is COC(=O)NC(C(=O)NC(Cc1ccc(-c2ccncc2)cc1)C(O)CN(Cc1ccccc1F)NC(=O)OC1COC2OCCC12)C(C)(C)C. The lowest BCUT2D eigenvalue weighted by Crippen LogP contribution is -2.59. The molecule has 5 rings (SSSR count). The van der Waals surface area contributed by atoms with Crippen LogP contribution in [0.4, 0.5) is 14.0 Å². The fourth-order valence-electron chi connectivity index (χ4n) is 6.21. The molecule has 1 aromatic heterocycles. The number of nitrogens with one attached hydrogen (secondary N) is 3. The van der Waals surface area contributed by atoms with Crippen molar-refractivity contribution in [3.05, 3.63) is 90.0 Å². The summed E-state index contributed by atoms with van der Waals surface area (Å²) in [7, 11) is 1.21. The number of aliphatic hydroxyl groups excluding tert-OH is 1. The van der Waals surface area contributed by atoms with Gasteiger partial charge in [0, 0.05) is 31.0 Å². The average molecular weight is 708 g/mol. The van der Waals surface area contributed by atoms with Crippen molar-refractivity contribution in [2.45, 2.75) is 70.7 Å². The predicted molar refractivity (Wildman–Crippen MR) is 184 cm³/mol. The van der Waals surface area contributed by atoms with Gasteiger partial charge >= 0.3 is 12.2 Å². The quantitative estimate of drug-likeness (QED) is 0.192. The first kappa shape index (κ1) is 37.6. The molecule has 6 atom stereocenters. The molecule has 2 fully saturated rings. The van der Waals surface area contributed by atoms with Crippen molar-refractivity contribution in [1.29, 1.82) is 0 Å². The Labute approximate surface area is 296 Å². The van der Waals surface area contributed by atoms with Gasteiger partial charge in [0.1, 0.15) is 18.0 Å². The fraction of sp³-hybridized carbons (Fsp3) is 0.459. The third kappa shape index (κ3) is 10.2. The Morgan fingerprint density at radius 1 is 1.00 bits per heavy atom. The van der Waals surface area contributed by atoms with Crippen LogP contribution < -0.4 is 16.1 Å². The second-order valence-electron chi connectivity index (χ2n) is 13.8. The van der Waals surface area contributed by atoms with Gasteiger partial charge < -0.3 is 34.7 Å². The second kappa shape index (κ2) is 17.1. The normalized spacial score (nSPS) is 20.2. The highest BCUT2D eigenvalue weighted by molar-refractivity contribution is 5.86. The van der Waals surface area contributed by atoms with Crippen LogP contribution in [-0.4, -0.2) is 90.6 Å². The number of pyridine rings is 1. The number of nitrogens with zero attached hydrogens (tertiary/aromatic N) is 2. The minimum atomic E-state index is -1.30. The van der Waals surface area contributed by atoms with Crippen LogP contribution in [0.3, 0.4) is 0 Å². The molecule has 0 radical (unpaired) electrons. The number of benzene rings is 2. The van der Waals surface area contributed by atoms with E-state index in [1.807, 2.05) is 36.4 Å². The molecule has 3 aromatic rings. The molecule has 0 spiro atoms. The first-order valence-corrected chi connectivity index (χ1v) is 16.9. The molecule has 2 saturated heterocycles. The lowest BCUT2D eigenvalue weighted by molar-refractivity contribution is -0.127. The lowest BCUT2D eigenvalue weighted by atomic mass is 9.85. The van der Waals surface area contributed by atoms with Crippen molar-refractivity contribution >= 4 is 18.1 Å². The van der Waals surface area contributed by atoms with E-state index in [1.165, 1.54) is 18.2 Å². The number of alkyl carbamates (subject to hydrolysis) is 1. The molecule has 2 aliphatic heterocycles. The van der Waals surface area contributed by atoms with Crippen molar-refractivity contribution < 1.29 is 42.8 Å². The Kier molecular flexibility index (Phi) is 12.6. The van der Waals surface area contributed by atoms with E-state index in [-0.39, 0.29) is 37.6 Å². The van der Waals surface area contributed by atoms with E-state index in [1.54, 1.807) is 51.4 Å². The third-order valence-electron chi connectivity index (χ3n) is 9.01. The molecule has 3 heterocycles. The van der Waals surface area contributed by atoms with E-state index >= 15 is 0 Å². The lowest BCUT2D eigenvalue weighted by Gasteiger charge is -2.34. The summed E-state index contributed by atoms with van der Waals surface area (Å²) in [5, 5.41) is 18.7. The fourth-order valence-corrected chi connectivity index (χ4v) is 6.21. The number of hydrogen-bond acceptors (Lipinski definition) is 10. The van der Waals surface area contributed by atoms with Gasteiger partial charge in [-0.05, 0) is 53.1 Å². The van der Waals surface area contributed by atoms with Crippen molar-refractivity contribution in [2.24, 2.45) is 11.3 Å². The summed E-state index contributed by atoms with van der Waals surface area (Å²) in [4.78, 5) is 43.3. The zero-order valence-electron chi connectivity index (χ0n) is 29.2. The van der Waals surface area contributed by atoms with Crippen molar-refractivity contribution in [3.8, 4) is 11.1 Å². The number of fused-ring (bicyclic) bond motifs is 1. The van der Waals surface area contributed by atoms with Crippen molar-refractivity contribution in [3.63, 3.8) is 0 Å². The van der Waals surface area contributed by atoms with Gasteiger partial charge in [-0.25, -0.2) is 19.0 Å². The summed E-state index contributed by atoms with van der Waals surface area (Å²) in [6.45, 7) is 5.70. The minimum Gasteiger partial charge on any atom is -0.453 e. The molecule has 51 heavy (non-hydrogen) atoms. The molecule has 13 nitrogen and oxygen atoms in total. The molecule has 2 aromatic carbocycles. The monoisotopic (exact) mass is 707 g/mol. The molecule has 0 saturated carbocycles. The van der Waals surface area contributed by atoms with Crippen LogP contribution in [0.2, 0.25) is 0 Å². The Balaban J connectivity index is 1.37. The largest absolute Gasteiger partial charge is 0.453 e. The smallest absolute Gasteiger partial charge is 0.422 e. The van der Waals surface area contributed by atoms with Gasteiger partial charge in [-0.1, -0.05) is 63.2 Å². The first-order valence-electron chi connectivity index (χ1n) is 16.9. The van der Waals surface area contributed by atoms with Gasteiger partial charge in [0.25, 0.3) is 0 Å². The van der Waals surface area contributed by atoms with E-state index < -0.39 is 59.9 Å².